The van der Waals surface area contributed by atoms with Gasteiger partial charge in [0.25, 0.3) is 5.56 Å². The Hall–Kier alpha value is -3.95. The number of halogens is 1. The number of carbonyl (C=O) groups excluding carboxylic acids is 1. The monoisotopic (exact) mass is 613 g/mol. The maximum absolute atomic E-state index is 14.4. The fourth-order valence-corrected chi connectivity index (χ4v) is 6.79. The summed E-state index contributed by atoms with van der Waals surface area (Å²) < 4.78 is 1.79. The summed E-state index contributed by atoms with van der Waals surface area (Å²) >= 11 is 6.35. The number of rotatable bonds is 6. The molecule has 2 aliphatic heterocycles. The largest absolute Gasteiger partial charge is 0.369 e. The molecule has 0 bridgehead atoms. The quantitative estimate of drug-likeness (QED) is 0.294. The smallest absolute Gasteiger partial charge is 0.260 e. The number of benzene rings is 2. The highest BCUT2D eigenvalue weighted by atomic mass is 35.5. The topological polar surface area (TPSA) is 86.6 Å². The summed E-state index contributed by atoms with van der Waals surface area (Å²) in [5, 5.41) is 4.75. The molecule has 2 aliphatic rings. The molecule has 4 aromatic rings. The van der Waals surface area contributed by atoms with Crippen LogP contribution in [-0.2, 0) is 4.79 Å². The van der Waals surface area contributed by atoms with Crippen LogP contribution in [0.2, 0.25) is 5.02 Å². The number of anilines is 3. The average Bonchev–Trinajstić information content (AvgIpc) is 3.01. The number of piperidine rings is 1. The van der Waals surface area contributed by atoms with Crippen molar-refractivity contribution >= 4 is 45.9 Å². The van der Waals surface area contributed by atoms with Gasteiger partial charge in [-0.25, -0.2) is 4.98 Å². The molecule has 10 heteroatoms. The highest BCUT2D eigenvalue weighted by molar-refractivity contribution is 6.30. The molecular formula is C34H40ClN7O2. The Labute approximate surface area is 263 Å². The lowest BCUT2D eigenvalue weighted by Gasteiger charge is -2.35. The van der Waals surface area contributed by atoms with Crippen molar-refractivity contribution in [3.05, 3.63) is 75.2 Å². The fraction of sp³-hybridized carbons (Fsp3) is 0.412. The summed E-state index contributed by atoms with van der Waals surface area (Å²) in [5.41, 5.74) is 5.89. The number of amides is 1. The van der Waals surface area contributed by atoms with Crippen molar-refractivity contribution in [1.82, 2.24) is 24.3 Å². The molecule has 2 aromatic heterocycles. The summed E-state index contributed by atoms with van der Waals surface area (Å²) in [7, 11) is 2.16. The van der Waals surface area contributed by atoms with E-state index in [2.05, 4.69) is 47.3 Å². The number of aryl methyl sites for hydroxylation is 2. The molecule has 2 aromatic carbocycles. The number of hydrogen-bond donors (Lipinski definition) is 1. The molecule has 6 rings (SSSR count). The van der Waals surface area contributed by atoms with Crippen molar-refractivity contribution in [3.8, 4) is 11.1 Å². The maximum atomic E-state index is 14.4. The van der Waals surface area contributed by atoms with E-state index >= 15 is 0 Å². The lowest BCUT2D eigenvalue weighted by atomic mass is 9.98. The molecule has 0 saturated carbocycles. The molecule has 4 heterocycles. The minimum Gasteiger partial charge on any atom is -0.369 e. The van der Waals surface area contributed by atoms with Crippen molar-refractivity contribution in [2.24, 2.45) is 0 Å². The Morgan fingerprint density at radius 2 is 1.86 bits per heavy atom. The summed E-state index contributed by atoms with van der Waals surface area (Å²) in [6.07, 6.45) is 3.83. The second-order valence-electron chi connectivity index (χ2n) is 12.0. The number of aromatic nitrogens is 3. The Balaban J connectivity index is 1.41. The minimum atomic E-state index is -0.208. The van der Waals surface area contributed by atoms with E-state index in [1.54, 1.807) is 16.8 Å². The van der Waals surface area contributed by atoms with Gasteiger partial charge >= 0.3 is 0 Å². The Morgan fingerprint density at radius 1 is 1.07 bits per heavy atom. The molecule has 9 nitrogen and oxygen atoms in total. The van der Waals surface area contributed by atoms with E-state index in [1.807, 2.05) is 36.9 Å². The van der Waals surface area contributed by atoms with Crippen LogP contribution in [0.5, 0.6) is 0 Å². The van der Waals surface area contributed by atoms with E-state index < -0.39 is 0 Å². The number of nitrogens with zero attached hydrogens (tertiary/aromatic N) is 6. The summed E-state index contributed by atoms with van der Waals surface area (Å²) in [6.45, 7) is 11.2. The van der Waals surface area contributed by atoms with Gasteiger partial charge in [-0.1, -0.05) is 30.7 Å². The van der Waals surface area contributed by atoms with Gasteiger partial charge in [0, 0.05) is 73.7 Å². The van der Waals surface area contributed by atoms with Crippen LogP contribution in [0.4, 0.5) is 17.3 Å². The van der Waals surface area contributed by atoms with Gasteiger partial charge in [-0.3, -0.25) is 14.2 Å². The summed E-state index contributed by atoms with van der Waals surface area (Å²) in [4.78, 5) is 43.4. The Kier molecular flexibility index (Phi) is 8.60. The number of hydrogen-bond acceptors (Lipinski definition) is 7. The van der Waals surface area contributed by atoms with Crippen LogP contribution < -0.4 is 15.8 Å². The molecule has 230 valence electrons. The second kappa shape index (κ2) is 12.6. The van der Waals surface area contributed by atoms with Crippen LogP contribution in [0.1, 0.15) is 43.4 Å². The first-order valence-electron chi connectivity index (χ1n) is 15.5. The van der Waals surface area contributed by atoms with Crippen molar-refractivity contribution < 1.29 is 4.79 Å². The zero-order chi connectivity index (χ0) is 31.0. The van der Waals surface area contributed by atoms with E-state index in [9.17, 15) is 9.59 Å². The van der Waals surface area contributed by atoms with Crippen LogP contribution >= 0.6 is 11.6 Å². The van der Waals surface area contributed by atoms with Crippen LogP contribution in [0.15, 0.2) is 53.5 Å². The van der Waals surface area contributed by atoms with E-state index in [0.717, 1.165) is 61.2 Å². The van der Waals surface area contributed by atoms with Crippen LogP contribution in [0.3, 0.4) is 0 Å². The third-order valence-corrected chi connectivity index (χ3v) is 9.27. The molecule has 0 aliphatic carbocycles. The van der Waals surface area contributed by atoms with Gasteiger partial charge in [-0.2, -0.15) is 4.98 Å². The number of likely N-dealkylation sites (tertiary alicyclic amines) is 1. The number of piperazine rings is 1. The molecule has 0 radical (unpaired) electrons. The standard InChI is InChI=1S/C34H40ClN7O2/c1-5-30(43)41-13-7-10-27(21-41)42-32-28(23(3)31(33(42)44)24-8-6-9-25(35)19-24)20-36-34(38-32)37-26-11-12-29(22(2)18-26)40-16-14-39(4)15-17-40/h6,8-9,11-12,18-20,27H,5,7,10,13-17,21H2,1-4H3,(H,36,37,38). The molecule has 2 fully saturated rings. The fourth-order valence-electron chi connectivity index (χ4n) is 6.60. The van der Waals surface area contributed by atoms with Gasteiger partial charge in [-0.15, -0.1) is 0 Å². The van der Waals surface area contributed by atoms with Gasteiger partial charge in [0.1, 0.15) is 5.65 Å². The van der Waals surface area contributed by atoms with Crippen molar-refractivity contribution in [2.75, 3.05) is 56.5 Å². The third-order valence-electron chi connectivity index (χ3n) is 9.04. The van der Waals surface area contributed by atoms with Crippen LogP contribution in [-0.4, -0.2) is 76.6 Å². The number of pyridine rings is 1. The molecule has 1 atom stereocenters. The lowest BCUT2D eigenvalue weighted by molar-refractivity contribution is -0.132. The van der Waals surface area contributed by atoms with Gasteiger partial charge in [0.05, 0.1) is 11.6 Å². The van der Waals surface area contributed by atoms with E-state index in [-0.39, 0.29) is 17.5 Å². The summed E-state index contributed by atoms with van der Waals surface area (Å²) in [6, 6.07) is 13.5. The van der Waals surface area contributed by atoms with Crippen molar-refractivity contribution in [3.63, 3.8) is 0 Å². The first kappa shape index (κ1) is 30.1. The molecule has 1 unspecified atom stereocenters. The second-order valence-corrected chi connectivity index (χ2v) is 12.5. The van der Waals surface area contributed by atoms with Crippen LogP contribution in [0, 0.1) is 13.8 Å². The van der Waals surface area contributed by atoms with Gasteiger partial charge in [0.2, 0.25) is 11.9 Å². The van der Waals surface area contributed by atoms with Gasteiger partial charge in [0.15, 0.2) is 0 Å². The molecule has 1 N–H and O–H groups in total. The predicted molar refractivity (Wildman–Crippen MR) is 178 cm³/mol. The Bertz CT molecular complexity index is 1760. The molecule has 44 heavy (non-hydrogen) atoms. The van der Waals surface area contributed by atoms with Gasteiger partial charge in [-0.05, 0) is 80.8 Å². The molecular weight excluding hydrogens is 574 g/mol. The molecule has 1 amide bonds. The molecule has 2 saturated heterocycles. The number of likely N-dealkylation sites (N-methyl/N-ethyl adjacent to an activating group) is 1. The lowest BCUT2D eigenvalue weighted by Crippen LogP contribution is -2.44. The number of nitrogens with one attached hydrogen (secondary N) is 1. The van der Waals surface area contributed by atoms with E-state index in [0.29, 0.717) is 41.7 Å². The zero-order valence-electron chi connectivity index (χ0n) is 25.9. The summed E-state index contributed by atoms with van der Waals surface area (Å²) in [5.74, 6) is 0.520. The zero-order valence-corrected chi connectivity index (χ0v) is 26.7. The average molecular weight is 614 g/mol. The van der Waals surface area contributed by atoms with Gasteiger partial charge < -0.3 is 20.0 Å². The highest BCUT2D eigenvalue weighted by Crippen LogP contribution is 2.32. The SMILES string of the molecule is CCC(=O)N1CCCC(n2c(=O)c(-c3cccc(Cl)c3)c(C)c3cnc(Nc4ccc(N5CCN(C)CC5)c(C)c4)nc32)C1. The predicted octanol–water partition coefficient (Wildman–Crippen LogP) is 5.80. The van der Waals surface area contributed by atoms with Crippen molar-refractivity contribution in [1.29, 1.82) is 0 Å². The highest BCUT2D eigenvalue weighted by Gasteiger charge is 2.28. The third kappa shape index (κ3) is 5.90. The molecule has 0 spiro atoms. The maximum Gasteiger partial charge on any atom is 0.260 e. The van der Waals surface area contributed by atoms with E-state index in [4.69, 9.17) is 21.6 Å². The minimum absolute atomic E-state index is 0.0987. The number of fused-ring (bicyclic) bond motifs is 1. The van der Waals surface area contributed by atoms with Crippen molar-refractivity contribution in [2.45, 2.75) is 46.1 Å². The first-order chi connectivity index (χ1) is 21.2. The van der Waals surface area contributed by atoms with E-state index in [1.165, 1.54) is 11.3 Å². The normalized spacial score (nSPS) is 17.7. The Morgan fingerprint density at radius 3 is 2.59 bits per heavy atom. The van der Waals surface area contributed by atoms with Crippen LogP contribution in [0.25, 0.3) is 22.2 Å². The number of carbonyl (C=O) groups is 1. The first-order valence-corrected chi connectivity index (χ1v) is 15.9.